The summed E-state index contributed by atoms with van der Waals surface area (Å²) in [4.78, 5) is 10.8. The van der Waals surface area contributed by atoms with Gasteiger partial charge in [0.25, 0.3) is 0 Å². The highest BCUT2D eigenvalue weighted by atomic mass is 32.2. The van der Waals surface area contributed by atoms with Crippen LogP contribution in [-0.2, 0) is 21.2 Å². The Hall–Kier alpha value is -1.05. The molecule has 0 spiro atoms. The van der Waals surface area contributed by atoms with E-state index in [4.69, 9.17) is 5.11 Å². The Labute approximate surface area is 122 Å². The van der Waals surface area contributed by atoms with Gasteiger partial charge in [-0.25, -0.2) is 13.1 Å². The van der Waals surface area contributed by atoms with E-state index in [0.717, 1.165) is 24.3 Å². The molecule has 7 heteroatoms. The van der Waals surface area contributed by atoms with E-state index in [1.54, 1.807) is 12.1 Å². The van der Waals surface area contributed by atoms with E-state index in [0.29, 0.717) is 5.56 Å². The fraction of sp³-hybridized carbons (Fsp3) is 0.462. The van der Waals surface area contributed by atoms with Crippen LogP contribution in [0.15, 0.2) is 29.2 Å². The normalized spacial score (nSPS) is 17.0. The summed E-state index contributed by atoms with van der Waals surface area (Å²) in [6.45, 7) is 0. The second-order valence-electron chi connectivity index (χ2n) is 4.72. The Morgan fingerprint density at radius 3 is 2.40 bits per heavy atom. The van der Waals surface area contributed by atoms with E-state index in [1.165, 1.54) is 12.1 Å². The SMILES string of the molecule is O=C(O)Cc1ccc(S(=O)(=O)NC2CCSCC2)cc1. The average molecular weight is 315 g/mol. The van der Waals surface area contributed by atoms with Gasteiger partial charge in [-0.15, -0.1) is 0 Å². The predicted octanol–water partition coefficient (Wildman–Crippen LogP) is 1.49. The summed E-state index contributed by atoms with van der Waals surface area (Å²) in [5.74, 6) is 1.02. The third-order valence-electron chi connectivity index (χ3n) is 3.13. The van der Waals surface area contributed by atoms with Crippen LogP contribution in [0.2, 0.25) is 0 Å². The van der Waals surface area contributed by atoms with Crippen LogP contribution in [0.5, 0.6) is 0 Å². The fourth-order valence-corrected chi connectivity index (χ4v) is 4.48. The van der Waals surface area contributed by atoms with E-state index in [2.05, 4.69) is 4.72 Å². The van der Waals surface area contributed by atoms with Crippen LogP contribution >= 0.6 is 11.8 Å². The van der Waals surface area contributed by atoms with Crippen LogP contribution in [0, 0.1) is 0 Å². The number of carboxylic acid groups (broad SMARTS) is 1. The van der Waals surface area contributed by atoms with Gasteiger partial charge in [-0.3, -0.25) is 4.79 Å². The number of thioether (sulfide) groups is 1. The molecular formula is C13H17NO4S2. The summed E-state index contributed by atoms with van der Waals surface area (Å²) >= 11 is 1.84. The number of carboxylic acids is 1. The quantitative estimate of drug-likeness (QED) is 0.860. The van der Waals surface area contributed by atoms with Crippen molar-refractivity contribution in [2.24, 2.45) is 0 Å². The van der Waals surface area contributed by atoms with E-state index in [9.17, 15) is 13.2 Å². The first-order valence-electron chi connectivity index (χ1n) is 6.38. The Morgan fingerprint density at radius 1 is 1.25 bits per heavy atom. The largest absolute Gasteiger partial charge is 0.481 e. The summed E-state index contributed by atoms with van der Waals surface area (Å²) in [6, 6.07) is 6.00. The monoisotopic (exact) mass is 315 g/mol. The molecule has 0 unspecified atom stereocenters. The van der Waals surface area contributed by atoms with Crippen molar-refractivity contribution >= 4 is 27.8 Å². The molecule has 0 bridgehead atoms. The standard InChI is InChI=1S/C13H17NO4S2/c15-13(16)9-10-1-3-12(4-2-10)20(17,18)14-11-5-7-19-8-6-11/h1-4,11,14H,5-9H2,(H,15,16). The number of hydrogen-bond donors (Lipinski definition) is 2. The Morgan fingerprint density at radius 2 is 1.85 bits per heavy atom. The molecule has 0 atom stereocenters. The van der Waals surface area contributed by atoms with Crippen molar-refractivity contribution in [2.75, 3.05) is 11.5 Å². The minimum Gasteiger partial charge on any atom is -0.481 e. The maximum atomic E-state index is 12.2. The molecule has 5 nitrogen and oxygen atoms in total. The molecule has 1 aromatic rings. The highest BCUT2D eigenvalue weighted by molar-refractivity contribution is 7.99. The van der Waals surface area contributed by atoms with Crippen molar-refractivity contribution in [3.63, 3.8) is 0 Å². The Bertz CT molecular complexity index is 563. The molecule has 1 saturated heterocycles. The van der Waals surface area contributed by atoms with E-state index >= 15 is 0 Å². The zero-order valence-electron chi connectivity index (χ0n) is 10.9. The van der Waals surface area contributed by atoms with Gasteiger partial charge in [0.1, 0.15) is 0 Å². The van der Waals surface area contributed by atoms with Gasteiger partial charge in [0.2, 0.25) is 10.0 Å². The Balaban J connectivity index is 2.06. The number of hydrogen-bond acceptors (Lipinski definition) is 4. The summed E-state index contributed by atoms with van der Waals surface area (Å²) in [5, 5.41) is 8.68. The van der Waals surface area contributed by atoms with Crippen molar-refractivity contribution in [3.05, 3.63) is 29.8 Å². The molecule has 0 amide bonds. The lowest BCUT2D eigenvalue weighted by atomic mass is 10.2. The molecule has 2 rings (SSSR count). The highest BCUT2D eigenvalue weighted by Crippen LogP contribution is 2.19. The van der Waals surface area contributed by atoms with Gasteiger partial charge in [0, 0.05) is 6.04 Å². The van der Waals surface area contributed by atoms with Crippen molar-refractivity contribution < 1.29 is 18.3 Å². The van der Waals surface area contributed by atoms with Gasteiger partial charge in [0.15, 0.2) is 0 Å². The van der Waals surface area contributed by atoms with E-state index in [-0.39, 0.29) is 17.4 Å². The van der Waals surface area contributed by atoms with Gasteiger partial charge in [-0.2, -0.15) is 11.8 Å². The highest BCUT2D eigenvalue weighted by Gasteiger charge is 2.21. The number of rotatable bonds is 5. The first-order valence-corrected chi connectivity index (χ1v) is 9.02. The van der Waals surface area contributed by atoms with Gasteiger partial charge in [-0.1, -0.05) is 12.1 Å². The summed E-state index contributed by atoms with van der Waals surface area (Å²) in [6.07, 6.45) is 1.59. The predicted molar refractivity (Wildman–Crippen MR) is 78.5 cm³/mol. The fourth-order valence-electron chi connectivity index (χ4n) is 2.06. The molecular weight excluding hydrogens is 298 g/mol. The number of nitrogens with one attached hydrogen (secondary N) is 1. The van der Waals surface area contributed by atoms with Crippen LogP contribution in [0.4, 0.5) is 0 Å². The lowest BCUT2D eigenvalue weighted by molar-refractivity contribution is -0.136. The lowest BCUT2D eigenvalue weighted by Gasteiger charge is -2.22. The summed E-state index contributed by atoms with van der Waals surface area (Å²) in [7, 11) is -3.51. The van der Waals surface area contributed by atoms with E-state index in [1.807, 2.05) is 11.8 Å². The average Bonchev–Trinajstić information content (AvgIpc) is 2.39. The molecule has 1 heterocycles. The molecule has 1 aliphatic rings. The van der Waals surface area contributed by atoms with Crippen molar-refractivity contribution in [1.29, 1.82) is 0 Å². The Kier molecular flexibility index (Phi) is 5.06. The number of sulfonamides is 1. The minimum absolute atomic E-state index is 0.0000499. The molecule has 0 aromatic heterocycles. The first kappa shape index (κ1) is 15.3. The van der Waals surface area contributed by atoms with Crippen molar-refractivity contribution in [2.45, 2.75) is 30.2 Å². The second-order valence-corrected chi connectivity index (χ2v) is 7.66. The molecule has 1 aliphatic heterocycles. The van der Waals surface area contributed by atoms with Crippen LogP contribution < -0.4 is 4.72 Å². The molecule has 0 radical (unpaired) electrons. The molecule has 0 aliphatic carbocycles. The second kappa shape index (κ2) is 6.60. The lowest BCUT2D eigenvalue weighted by Crippen LogP contribution is -2.37. The maximum Gasteiger partial charge on any atom is 0.307 e. The van der Waals surface area contributed by atoms with Crippen molar-refractivity contribution in [1.82, 2.24) is 4.72 Å². The van der Waals surface area contributed by atoms with Crippen LogP contribution in [-0.4, -0.2) is 37.0 Å². The number of carbonyl (C=O) groups is 1. The third kappa shape index (κ3) is 4.22. The molecule has 20 heavy (non-hydrogen) atoms. The minimum atomic E-state index is -3.51. The van der Waals surface area contributed by atoms with Gasteiger partial charge in [0.05, 0.1) is 11.3 Å². The summed E-state index contributed by atoms with van der Waals surface area (Å²) < 4.78 is 27.1. The van der Waals surface area contributed by atoms with E-state index < -0.39 is 16.0 Å². The molecule has 0 saturated carbocycles. The van der Waals surface area contributed by atoms with Gasteiger partial charge in [-0.05, 0) is 42.0 Å². The first-order chi connectivity index (χ1) is 9.47. The van der Waals surface area contributed by atoms with Crippen LogP contribution in [0.3, 0.4) is 0 Å². The summed E-state index contributed by atoms with van der Waals surface area (Å²) in [5.41, 5.74) is 0.588. The van der Waals surface area contributed by atoms with Crippen LogP contribution in [0.1, 0.15) is 18.4 Å². The zero-order chi connectivity index (χ0) is 14.6. The number of benzene rings is 1. The molecule has 1 fully saturated rings. The van der Waals surface area contributed by atoms with Crippen LogP contribution in [0.25, 0.3) is 0 Å². The molecule has 110 valence electrons. The molecule has 1 aromatic carbocycles. The third-order valence-corrected chi connectivity index (χ3v) is 5.72. The topological polar surface area (TPSA) is 83.5 Å². The van der Waals surface area contributed by atoms with Gasteiger partial charge >= 0.3 is 5.97 Å². The van der Waals surface area contributed by atoms with Crippen molar-refractivity contribution in [3.8, 4) is 0 Å². The smallest absolute Gasteiger partial charge is 0.307 e. The van der Waals surface area contributed by atoms with Gasteiger partial charge < -0.3 is 5.11 Å². The number of aliphatic carboxylic acids is 1. The molecule has 2 N–H and O–H groups in total. The zero-order valence-corrected chi connectivity index (χ0v) is 12.5. The maximum absolute atomic E-state index is 12.2.